The zero-order valence-corrected chi connectivity index (χ0v) is 18.6. The number of hydrogen-bond acceptors (Lipinski definition) is 8. The van der Waals surface area contributed by atoms with Crippen LogP contribution in [0, 0.1) is 17.0 Å². The van der Waals surface area contributed by atoms with Crippen LogP contribution in [0.3, 0.4) is 0 Å². The number of sulfone groups is 1. The number of carboxylic acid groups (broad SMARTS) is 1. The van der Waals surface area contributed by atoms with Gasteiger partial charge in [-0.2, -0.15) is 0 Å². The Kier molecular flexibility index (Phi) is 9.28. The second-order valence-corrected chi connectivity index (χ2v) is 9.91. The molecule has 0 bridgehead atoms. The Morgan fingerprint density at radius 2 is 1.90 bits per heavy atom. The normalized spacial score (nSPS) is 11.3. The maximum Gasteiger partial charge on any atom is 0.341 e. The molecule has 0 saturated heterocycles. The minimum absolute atomic E-state index is 0.0397. The van der Waals surface area contributed by atoms with Crippen LogP contribution in [-0.2, 0) is 14.6 Å². The van der Waals surface area contributed by atoms with Gasteiger partial charge in [-0.1, -0.05) is 0 Å². The van der Waals surface area contributed by atoms with E-state index in [1.807, 2.05) is 19.1 Å². The lowest BCUT2D eigenvalue weighted by Crippen LogP contribution is -2.21. The van der Waals surface area contributed by atoms with E-state index < -0.39 is 20.7 Å². The van der Waals surface area contributed by atoms with Crippen LogP contribution < -0.4 is 10.1 Å². The van der Waals surface area contributed by atoms with Gasteiger partial charge in [0.05, 0.1) is 15.6 Å². The standard InChI is InChI=1S/C20H24N2O7S2/c1-15-13-17(5-8-19(15)29-14-20(23)24)30-11-10-21-9-2-12-31(27,28)18-6-3-16(4-7-18)22(25)26/h3-8,13,21H,2,9-12,14H2,1H3,(H,23,24). The lowest BCUT2D eigenvalue weighted by Gasteiger charge is -2.09. The van der Waals surface area contributed by atoms with E-state index in [2.05, 4.69) is 5.32 Å². The van der Waals surface area contributed by atoms with Gasteiger partial charge < -0.3 is 15.2 Å². The number of aliphatic carboxylic acids is 1. The number of nitrogens with one attached hydrogen (secondary N) is 1. The number of non-ortho nitro benzene ring substituents is 1. The second kappa shape index (κ2) is 11.7. The Balaban J connectivity index is 1.67. The molecule has 0 amide bonds. The molecule has 0 aliphatic carbocycles. The van der Waals surface area contributed by atoms with E-state index in [4.69, 9.17) is 9.84 Å². The molecule has 0 aliphatic rings. The molecule has 9 nitrogen and oxygen atoms in total. The van der Waals surface area contributed by atoms with Gasteiger partial charge in [0.15, 0.2) is 16.4 Å². The Labute approximate surface area is 184 Å². The number of ether oxygens (including phenoxy) is 1. The molecule has 0 fully saturated rings. The predicted octanol–water partition coefficient (Wildman–Crippen LogP) is 2.91. The number of rotatable bonds is 13. The number of carbonyl (C=O) groups is 1. The summed E-state index contributed by atoms with van der Waals surface area (Å²) < 4.78 is 29.8. The highest BCUT2D eigenvalue weighted by Crippen LogP contribution is 2.25. The quantitative estimate of drug-likeness (QED) is 0.197. The van der Waals surface area contributed by atoms with Gasteiger partial charge in [-0.05, 0) is 55.8 Å². The summed E-state index contributed by atoms with van der Waals surface area (Å²) in [4.78, 5) is 21.8. The minimum Gasteiger partial charge on any atom is -0.482 e. The van der Waals surface area contributed by atoms with Crippen LogP contribution in [0.4, 0.5) is 5.69 Å². The van der Waals surface area contributed by atoms with E-state index in [0.29, 0.717) is 25.3 Å². The molecule has 11 heteroatoms. The van der Waals surface area contributed by atoms with Gasteiger partial charge in [0.1, 0.15) is 5.75 Å². The molecule has 168 valence electrons. The van der Waals surface area contributed by atoms with E-state index in [1.54, 1.807) is 17.8 Å². The molecule has 0 saturated carbocycles. The average molecular weight is 469 g/mol. The molecule has 0 atom stereocenters. The van der Waals surface area contributed by atoms with Crippen molar-refractivity contribution in [2.24, 2.45) is 0 Å². The lowest BCUT2D eigenvalue weighted by atomic mass is 10.2. The minimum atomic E-state index is -3.47. The predicted molar refractivity (Wildman–Crippen MR) is 118 cm³/mol. The number of nitro groups is 1. The average Bonchev–Trinajstić information content (AvgIpc) is 2.72. The smallest absolute Gasteiger partial charge is 0.341 e. The van der Waals surface area contributed by atoms with Crippen molar-refractivity contribution in [3.05, 3.63) is 58.1 Å². The van der Waals surface area contributed by atoms with Crippen LogP contribution in [0.25, 0.3) is 0 Å². The van der Waals surface area contributed by atoms with E-state index in [0.717, 1.165) is 16.2 Å². The summed E-state index contributed by atoms with van der Waals surface area (Å²) in [6.45, 7) is 2.70. The third-order valence-corrected chi connectivity index (χ3v) is 7.03. The summed E-state index contributed by atoms with van der Waals surface area (Å²) in [6.07, 6.45) is 0.429. The summed E-state index contributed by atoms with van der Waals surface area (Å²) in [6, 6.07) is 10.4. The highest BCUT2D eigenvalue weighted by atomic mass is 32.2. The fourth-order valence-corrected chi connectivity index (χ4v) is 4.88. The van der Waals surface area contributed by atoms with Crippen molar-refractivity contribution < 1.29 is 28.0 Å². The first-order chi connectivity index (χ1) is 14.7. The number of thioether (sulfide) groups is 1. The molecular formula is C20H24N2O7S2. The van der Waals surface area contributed by atoms with Crippen molar-refractivity contribution in [2.45, 2.75) is 23.1 Å². The first-order valence-electron chi connectivity index (χ1n) is 9.45. The van der Waals surface area contributed by atoms with Gasteiger partial charge in [-0.25, -0.2) is 13.2 Å². The summed E-state index contributed by atoms with van der Waals surface area (Å²) >= 11 is 1.62. The third kappa shape index (κ3) is 8.19. The number of nitro benzene ring substituents is 1. The Hall–Kier alpha value is -2.63. The Bertz CT molecular complexity index is 1010. The molecule has 0 radical (unpaired) electrons. The van der Waals surface area contributed by atoms with Crippen molar-refractivity contribution in [1.29, 1.82) is 0 Å². The summed E-state index contributed by atoms with van der Waals surface area (Å²) in [7, 11) is -3.47. The zero-order chi connectivity index (χ0) is 22.9. The number of carboxylic acids is 1. The molecule has 2 rings (SSSR count). The molecule has 2 aromatic rings. The molecular weight excluding hydrogens is 444 g/mol. The second-order valence-electron chi connectivity index (χ2n) is 6.63. The fraction of sp³-hybridized carbons (Fsp3) is 0.350. The molecule has 2 N–H and O–H groups in total. The zero-order valence-electron chi connectivity index (χ0n) is 16.9. The first-order valence-corrected chi connectivity index (χ1v) is 12.1. The van der Waals surface area contributed by atoms with Gasteiger partial charge in [0.2, 0.25) is 0 Å². The largest absolute Gasteiger partial charge is 0.482 e. The maximum atomic E-state index is 12.3. The van der Waals surface area contributed by atoms with Gasteiger partial charge in [-0.3, -0.25) is 10.1 Å². The fourth-order valence-electron chi connectivity index (χ4n) is 2.66. The molecule has 0 aromatic heterocycles. The Morgan fingerprint density at radius 3 is 2.52 bits per heavy atom. The van der Waals surface area contributed by atoms with E-state index in [1.165, 1.54) is 24.3 Å². The van der Waals surface area contributed by atoms with Crippen LogP contribution in [-0.4, -0.2) is 55.6 Å². The molecule has 0 unspecified atom stereocenters. The van der Waals surface area contributed by atoms with Crippen LogP contribution >= 0.6 is 11.8 Å². The third-order valence-electron chi connectivity index (χ3n) is 4.22. The van der Waals surface area contributed by atoms with Crippen molar-refractivity contribution in [2.75, 3.05) is 31.2 Å². The van der Waals surface area contributed by atoms with E-state index in [9.17, 15) is 23.3 Å². The van der Waals surface area contributed by atoms with Crippen LogP contribution in [0.1, 0.15) is 12.0 Å². The molecule has 0 aliphatic heterocycles. The lowest BCUT2D eigenvalue weighted by molar-refractivity contribution is -0.384. The van der Waals surface area contributed by atoms with Gasteiger partial charge in [-0.15, -0.1) is 11.8 Å². The number of nitrogens with zero attached hydrogens (tertiary/aromatic N) is 1. The van der Waals surface area contributed by atoms with Gasteiger partial charge in [0, 0.05) is 29.3 Å². The first kappa shape index (κ1) is 24.6. The maximum absolute atomic E-state index is 12.3. The van der Waals surface area contributed by atoms with Crippen molar-refractivity contribution in [1.82, 2.24) is 5.32 Å². The van der Waals surface area contributed by atoms with Crippen LogP contribution in [0.5, 0.6) is 5.75 Å². The summed E-state index contributed by atoms with van der Waals surface area (Å²) in [5.74, 6) is 0.259. The van der Waals surface area contributed by atoms with E-state index in [-0.39, 0.29) is 22.9 Å². The van der Waals surface area contributed by atoms with Crippen molar-refractivity contribution in [3.63, 3.8) is 0 Å². The highest BCUT2D eigenvalue weighted by molar-refractivity contribution is 7.99. The molecule has 2 aromatic carbocycles. The summed E-state index contributed by atoms with van der Waals surface area (Å²) in [5, 5.41) is 22.5. The summed E-state index contributed by atoms with van der Waals surface area (Å²) in [5.41, 5.74) is 0.714. The SMILES string of the molecule is Cc1cc(SCCNCCCS(=O)(=O)c2ccc([N+](=O)[O-])cc2)ccc1OCC(=O)O. The van der Waals surface area contributed by atoms with E-state index >= 15 is 0 Å². The van der Waals surface area contributed by atoms with Gasteiger partial charge in [0.25, 0.3) is 5.69 Å². The number of hydrogen-bond donors (Lipinski definition) is 2. The number of benzene rings is 2. The molecule has 31 heavy (non-hydrogen) atoms. The highest BCUT2D eigenvalue weighted by Gasteiger charge is 2.15. The van der Waals surface area contributed by atoms with Crippen LogP contribution in [0.15, 0.2) is 52.3 Å². The number of aryl methyl sites for hydroxylation is 1. The molecule has 0 spiro atoms. The van der Waals surface area contributed by atoms with Crippen molar-refractivity contribution in [3.8, 4) is 5.75 Å². The monoisotopic (exact) mass is 468 g/mol. The molecule has 0 heterocycles. The topological polar surface area (TPSA) is 136 Å². The van der Waals surface area contributed by atoms with Crippen molar-refractivity contribution >= 4 is 33.3 Å². The van der Waals surface area contributed by atoms with Gasteiger partial charge >= 0.3 is 5.97 Å². The Morgan fingerprint density at radius 1 is 1.19 bits per heavy atom. The van der Waals surface area contributed by atoms with Crippen LogP contribution in [0.2, 0.25) is 0 Å².